The van der Waals surface area contributed by atoms with Crippen LogP contribution in [-0.2, 0) is 11.3 Å². The van der Waals surface area contributed by atoms with Crippen molar-refractivity contribution in [1.29, 1.82) is 0 Å². The minimum atomic E-state index is 0.114. The summed E-state index contributed by atoms with van der Waals surface area (Å²) in [6.07, 6.45) is 1.12. The third-order valence-corrected chi connectivity index (χ3v) is 2.70. The summed E-state index contributed by atoms with van der Waals surface area (Å²) in [4.78, 5) is 0. The maximum Gasteiger partial charge on any atom is 0.0721 e. The van der Waals surface area contributed by atoms with Gasteiger partial charge < -0.3 is 10.5 Å². The van der Waals surface area contributed by atoms with Crippen LogP contribution in [-0.4, -0.2) is 12.1 Å². The molecule has 0 fully saturated rings. The Morgan fingerprint density at radius 2 is 1.75 bits per heavy atom. The fourth-order valence-electron chi connectivity index (χ4n) is 1.66. The quantitative estimate of drug-likeness (QED) is 0.801. The van der Waals surface area contributed by atoms with Crippen LogP contribution in [0.3, 0.4) is 0 Å². The van der Waals surface area contributed by atoms with Crippen molar-refractivity contribution in [3.8, 4) is 0 Å². The zero-order valence-corrected chi connectivity index (χ0v) is 10.5. The van der Waals surface area contributed by atoms with Crippen LogP contribution in [0.15, 0.2) is 30.3 Å². The van der Waals surface area contributed by atoms with Crippen LogP contribution in [0.1, 0.15) is 32.8 Å². The van der Waals surface area contributed by atoms with Gasteiger partial charge in [-0.3, -0.25) is 0 Å². The van der Waals surface area contributed by atoms with Gasteiger partial charge in [0.1, 0.15) is 0 Å². The summed E-state index contributed by atoms with van der Waals surface area (Å²) in [7, 11) is 0. The molecule has 16 heavy (non-hydrogen) atoms. The molecule has 0 bridgehead atoms. The van der Waals surface area contributed by atoms with Gasteiger partial charge >= 0.3 is 0 Å². The van der Waals surface area contributed by atoms with Crippen molar-refractivity contribution in [3.63, 3.8) is 0 Å². The second-order valence-corrected chi connectivity index (χ2v) is 4.80. The summed E-state index contributed by atoms with van der Waals surface area (Å²) in [5, 5.41) is 0. The molecule has 2 nitrogen and oxygen atoms in total. The van der Waals surface area contributed by atoms with E-state index in [-0.39, 0.29) is 12.1 Å². The second-order valence-electron chi connectivity index (χ2n) is 4.80. The number of nitrogens with two attached hydrogens (primary N) is 1. The predicted molar refractivity (Wildman–Crippen MR) is 68.1 cm³/mol. The molecule has 0 radical (unpaired) electrons. The van der Waals surface area contributed by atoms with Crippen LogP contribution in [0.2, 0.25) is 0 Å². The topological polar surface area (TPSA) is 35.2 Å². The van der Waals surface area contributed by atoms with E-state index in [0.717, 1.165) is 6.42 Å². The molecule has 0 saturated carbocycles. The first-order valence-electron chi connectivity index (χ1n) is 6.00. The van der Waals surface area contributed by atoms with Gasteiger partial charge in [-0.2, -0.15) is 0 Å². The first-order chi connectivity index (χ1) is 7.59. The molecule has 1 rings (SSSR count). The van der Waals surface area contributed by atoms with Crippen LogP contribution in [0.5, 0.6) is 0 Å². The van der Waals surface area contributed by atoms with E-state index in [0.29, 0.717) is 12.5 Å². The molecule has 0 amide bonds. The molecule has 2 N–H and O–H groups in total. The minimum Gasteiger partial charge on any atom is -0.372 e. The van der Waals surface area contributed by atoms with Crippen LogP contribution in [0.25, 0.3) is 0 Å². The van der Waals surface area contributed by atoms with E-state index in [9.17, 15) is 0 Å². The third kappa shape index (κ3) is 4.77. The predicted octanol–water partition coefficient (Wildman–Crippen LogP) is 2.97. The fourth-order valence-corrected chi connectivity index (χ4v) is 1.66. The highest BCUT2D eigenvalue weighted by Gasteiger charge is 2.14. The van der Waals surface area contributed by atoms with Gasteiger partial charge in [-0.15, -0.1) is 0 Å². The lowest BCUT2D eigenvalue weighted by Crippen LogP contribution is -2.35. The third-order valence-electron chi connectivity index (χ3n) is 2.70. The van der Waals surface area contributed by atoms with Gasteiger partial charge in [0.2, 0.25) is 0 Å². The average molecular weight is 221 g/mol. The largest absolute Gasteiger partial charge is 0.372 e. The molecule has 0 aliphatic heterocycles. The van der Waals surface area contributed by atoms with E-state index >= 15 is 0 Å². The smallest absolute Gasteiger partial charge is 0.0721 e. The molecular weight excluding hydrogens is 198 g/mol. The highest BCUT2D eigenvalue weighted by Crippen LogP contribution is 2.10. The number of benzene rings is 1. The Morgan fingerprint density at radius 3 is 2.31 bits per heavy atom. The van der Waals surface area contributed by atoms with Gasteiger partial charge in [0.25, 0.3) is 0 Å². The SMILES string of the molecule is CC(C)CC(N)[C@H](C)OCc1ccccc1. The fraction of sp³-hybridized carbons (Fsp3) is 0.571. The summed E-state index contributed by atoms with van der Waals surface area (Å²) in [5.41, 5.74) is 7.26. The number of ether oxygens (including phenoxy) is 1. The monoisotopic (exact) mass is 221 g/mol. The van der Waals surface area contributed by atoms with E-state index in [2.05, 4.69) is 32.9 Å². The summed E-state index contributed by atoms with van der Waals surface area (Å²) in [6, 6.07) is 10.3. The summed E-state index contributed by atoms with van der Waals surface area (Å²) in [5.74, 6) is 0.623. The van der Waals surface area contributed by atoms with Crippen molar-refractivity contribution in [3.05, 3.63) is 35.9 Å². The molecule has 0 aliphatic rings. The molecule has 0 aromatic heterocycles. The maximum atomic E-state index is 6.06. The Morgan fingerprint density at radius 1 is 1.12 bits per heavy atom. The lowest BCUT2D eigenvalue weighted by molar-refractivity contribution is 0.0316. The van der Waals surface area contributed by atoms with Crippen molar-refractivity contribution in [2.45, 2.75) is 45.9 Å². The molecule has 0 aliphatic carbocycles. The standard InChI is InChI=1S/C14H23NO/c1-11(2)9-14(15)12(3)16-10-13-7-5-4-6-8-13/h4-8,11-12,14H,9-10,15H2,1-3H3/t12-,14?/m0/s1. The lowest BCUT2D eigenvalue weighted by Gasteiger charge is -2.22. The Labute approximate surface area is 98.8 Å². The Hall–Kier alpha value is -0.860. The number of hydrogen-bond donors (Lipinski definition) is 1. The normalized spacial score (nSPS) is 15.1. The highest BCUT2D eigenvalue weighted by atomic mass is 16.5. The average Bonchev–Trinajstić information content (AvgIpc) is 2.26. The van der Waals surface area contributed by atoms with E-state index in [1.54, 1.807) is 0 Å². The van der Waals surface area contributed by atoms with Crippen molar-refractivity contribution in [2.24, 2.45) is 11.7 Å². The summed E-state index contributed by atoms with van der Waals surface area (Å²) in [6.45, 7) is 7.07. The molecular formula is C14H23NO. The summed E-state index contributed by atoms with van der Waals surface area (Å²) < 4.78 is 5.77. The van der Waals surface area contributed by atoms with Gasteiger partial charge in [-0.05, 0) is 24.8 Å². The lowest BCUT2D eigenvalue weighted by atomic mass is 10.0. The Balaban J connectivity index is 2.32. The van der Waals surface area contributed by atoms with E-state index in [4.69, 9.17) is 10.5 Å². The first-order valence-corrected chi connectivity index (χ1v) is 6.00. The van der Waals surface area contributed by atoms with Crippen LogP contribution in [0.4, 0.5) is 0 Å². The molecule has 1 unspecified atom stereocenters. The van der Waals surface area contributed by atoms with Crippen LogP contribution >= 0.6 is 0 Å². The van der Waals surface area contributed by atoms with Gasteiger partial charge in [0, 0.05) is 6.04 Å². The molecule has 2 heteroatoms. The summed E-state index contributed by atoms with van der Waals surface area (Å²) >= 11 is 0. The zero-order chi connectivity index (χ0) is 12.0. The first kappa shape index (κ1) is 13.2. The Kier molecular flexibility index (Phi) is 5.50. The van der Waals surface area contributed by atoms with Crippen LogP contribution in [0, 0.1) is 5.92 Å². The van der Waals surface area contributed by atoms with Crippen molar-refractivity contribution in [1.82, 2.24) is 0 Å². The van der Waals surface area contributed by atoms with E-state index in [1.165, 1.54) is 5.56 Å². The number of hydrogen-bond acceptors (Lipinski definition) is 2. The van der Waals surface area contributed by atoms with Gasteiger partial charge in [0.15, 0.2) is 0 Å². The minimum absolute atomic E-state index is 0.114. The van der Waals surface area contributed by atoms with Crippen molar-refractivity contribution < 1.29 is 4.74 Å². The highest BCUT2D eigenvalue weighted by molar-refractivity contribution is 5.13. The molecule has 1 aromatic carbocycles. The van der Waals surface area contributed by atoms with Crippen molar-refractivity contribution in [2.75, 3.05) is 0 Å². The molecule has 0 heterocycles. The zero-order valence-electron chi connectivity index (χ0n) is 10.5. The molecule has 2 atom stereocenters. The van der Waals surface area contributed by atoms with Crippen LogP contribution < -0.4 is 5.73 Å². The maximum absolute atomic E-state index is 6.06. The molecule has 90 valence electrons. The molecule has 0 spiro atoms. The van der Waals surface area contributed by atoms with E-state index in [1.807, 2.05) is 18.2 Å². The van der Waals surface area contributed by atoms with Gasteiger partial charge in [-0.1, -0.05) is 44.2 Å². The van der Waals surface area contributed by atoms with Gasteiger partial charge in [0.05, 0.1) is 12.7 Å². The van der Waals surface area contributed by atoms with Gasteiger partial charge in [-0.25, -0.2) is 0 Å². The Bertz CT molecular complexity index is 284. The van der Waals surface area contributed by atoms with Crippen molar-refractivity contribution >= 4 is 0 Å². The molecule has 1 aromatic rings. The van der Waals surface area contributed by atoms with E-state index < -0.39 is 0 Å². The second kappa shape index (κ2) is 6.66. The number of rotatable bonds is 6. The molecule has 0 saturated heterocycles.